The van der Waals surface area contributed by atoms with Crippen LogP contribution in [0.25, 0.3) is 0 Å². The molecule has 0 fully saturated rings. The van der Waals surface area contributed by atoms with Gasteiger partial charge in [-0.1, -0.05) is 18.3 Å². The molecule has 0 radical (unpaired) electrons. The van der Waals surface area contributed by atoms with E-state index in [9.17, 15) is 0 Å². The van der Waals surface area contributed by atoms with Crippen molar-refractivity contribution >= 4 is 22.4 Å². The van der Waals surface area contributed by atoms with Crippen LogP contribution >= 0.6 is 11.3 Å². The molecule has 0 bridgehead atoms. The van der Waals surface area contributed by atoms with E-state index in [1.165, 1.54) is 11.3 Å². The normalized spacial score (nSPS) is 12.4. The Balaban J connectivity index is 2.09. The summed E-state index contributed by atoms with van der Waals surface area (Å²) in [5, 5.41) is 12.2. The number of nitrogen functional groups attached to an aromatic ring is 1. The zero-order chi connectivity index (χ0) is 12.3. The highest BCUT2D eigenvalue weighted by molar-refractivity contribution is 7.15. The van der Waals surface area contributed by atoms with Crippen molar-refractivity contribution in [3.05, 3.63) is 23.0 Å². The fourth-order valence-electron chi connectivity index (χ4n) is 1.34. The average Bonchev–Trinajstić information content (AvgIpc) is 2.76. The van der Waals surface area contributed by atoms with Gasteiger partial charge in [0.25, 0.3) is 0 Å². The van der Waals surface area contributed by atoms with E-state index >= 15 is 0 Å². The molecule has 17 heavy (non-hydrogen) atoms. The minimum atomic E-state index is -0.00286. The van der Waals surface area contributed by atoms with Crippen molar-refractivity contribution in [3.63, 3.8) is 0 Å². The van der Waals surface area contributed by atoms with Gasteiger partial charge in [-0.05, 0) is 19.4 Å². The third-order valence-electron chi connectivity index (χ3n) is 2.25. The molecule has 3 N–H and O–H groups in total. The molecule has 0 aliphatic rings. The minimum Gasteiger partial charge on any atom is -0.374 e. The van der Waals surface area contributed by atoms with E-state index in [2.05, 4.69) is 32.4 Å². The van der Waals surface area contributed by atoms with Gasteiger partial charge in [-0.15, -0.1) is 10.2 Å². The Kier molecular flexibility index (Phi) is 3.48. The zero-order valence-electron chi connectivity index (χ0n) is 9.71. The number of hydrogen-bond acceptors (Lipinski definition) is 7. The van der Waals surface area contributed by atoms with Crippen LogP contribution in [0.1, 0.15) is 30.6 Å². The first-order valence-corrected chi connectivity index (χ1v) is 6.18. The molecule has 2 heterocycles. The predicted molar refractivity (Wildman–Crippen MR) is 67.8 cm³/mol. The zero-order valence-corrected chi connectivity index (χ0v) is 10.5. The molecule has 0 aliphatic heterocycles. The lowest BCUT2D eigenvalue weighted by Gasteiger charge is -2.10. The van der Waals surface area contributed by atoms with Gasteiger partial charge in [0.15, 0.2) is 0 Å². The van der Waals surface area contributed by atoms with Gasteiger partial charge in [-0.2, -0.15) is 0 Å². The lowest BCUT2D eigenvalue weighted by Crippen LogP contribution is -2.09. The Morgan fingerprint density at radius 3 is 2.94 bits per heavy atom. The summed E-state index contributed by atoms with van der Waals surface area (Å²) >= 11 is 1.36. The van der Waals surface area contributed by atoms with Crippen molar-refractivity contribution in [3.8, 4) is 0 Å². The van der Waals surface area contributed by atoms with Crippen LogP contribution in [0.3, 0.4) is 0 Å². The Morgan fingerprint density at radius 1 is 1.47 bits per heavy atom. The molecule has 0 saturated heterocycles. The molecule has 2 aromatic rings. The Morgan fingerprint density at radius 2 is 2.29 bits per heavy atom. The topological polar surface area (TPSA) is 89.6 Å². The van der Waals surface area contributed by atoms with Crippen LogP contribution in [-0.4, -0.2) is 20.2 Å². The van der Waals surface area contributed by atoms with Crippen LogP contribution < -0.4 is 11.1 Å². The molecule has 2 rings (SSSR count). The standard InChI is InChI=1S/C10H14N6S/c1-3-7-4-5-12-10(14-7)13-6(2)8-15-16-9(11)17-8/h4-6H,3H2,1-2H3,(H2,11,16)(H,12,13,14). The molecule has 0 spiro atoms. The number of aryl methyl sites for hydroxylation is 1. The summed E-state index contributed by atoms with van der Waals surface area (Å²) < 4.78 is 0. The van der Waals surface area contributed by atoms with E-state index in [4.69, 9.17) is 5.73 Å². The SMILES string of the molecule is CCc1ccnc(NC(C)c2nnc(N)s2)n1. The maximum atomic E-state index is 5.54. The Hall–Kier alpha value is -1.76. The molecular weight excluding hydrogens is 236 g/mol. The summed E-state index contributed by atoms with van der Waals surface area (Å²) in [5.41, 5.74) is 6.55. The third-order valence-corrected chi connectivity index (χ3v) is 3.18. The van der Waals surface area contributed by atoms with E-state index in [-0.39, 0.29) is 6.04 Å². The van der Waals surface area contributed by atoms with Crippen molar-refractivity contribution in [1.29, 1.82) is 0 Å². The molecule has 0 saturated carbocycles. The van der Waals surface area contributed by atoms with Crippen molar-refractivity contribution in [2.75, 3.05) is 11.1 Å². The second-order valence-electron chi connectivity index (χ2n) is 3.57. The van der Waals surface area contributed by atoms with Crippen molar-refractivity contribution in [1.82, 2.24) is 20.2 Å². The van der Waals surface area contributed by atoms with Crippen LogP contribution in [0.15, 0.2) is 12.3 Å². The monoisotopic (exact) mass is 250 g/mol. The van der Waals surface area contributed by atoms with Gasteiger partial charge in [0.05, 0.1) is 6.04 Å². The van der Waals surface area contributed by atoms with Gasteiger partial charge in [0.2, 0.25) is 11.1 Å². The Labute approximate surface area is 103 Å². The molecule has 0 aromatic carbocycles. The van der Waals surface area contributed by atoms with Crippen LogP contribution in [0.5, 0.6) is 0 Å². The largest absolute Gasteiger partial charge is 0.374 e. The second kappa shape index (κ2) is 5.05. The summed E-state index contributed by atoms with van der Waals surface area (Å²) in [5.74, 6) is 0.602. The van der Waals surface area contributed by atoms with Crippen LogP contribution in [0.4, 0.5) is 11.1 Å². The number of aromatic nitrogens is 4. The highest BCUT2D eigenvalue weighted by Gasteiger charge is 2.11. The number of nitrogens with zero attached hydrogens (tertiary/aromatic N) is 4. The first kappa shape index (κ1) is 11.7. The van der Waals surface area contributed by atoms with Crippen LogP contribution in [0, 0.1) is 0 Å². The summed E-state index contributed by atoms with van der Waals surface area (Å²) in [6, 6.07) is 1.90. The molecule has 1 atom stereocenters. The highest BCUT2D eigenvalue weighted by Crippen LogP contribution is 2.21. The summed E-state index contributed by atoms with van der Waals surface area (Å²) in [7, 11) is 0. The molecule has 0 aliphatic carbocycles. The summed E-state index contributed by atoms with van der Waals surface area (Å²) in [6.07, 6.45) is 2.63. The summed E-state index contributed by atoms with van der Waals surface area (Å²) in [6.45, 7) is 4.03. The number of nitrogens with two attached hydrogens (primary N) is 1. The van der Waals surface area contributed by atoms with E-state index in [1.807, 2.05) is 13.0 Å². The van der Waals surface area contributed by atoms with Crippen LogP contribution in [0.2, 0.25) is 0 Å². The first-order valence-electron chi connectivity index (χ1n) is 5.36. The lowest BCUT2D eigenvalue weighted by atomic mass is 10.3. The third kappa shape index (κ3) is 2.88. The van der Waals surface area contributed by atoms with Gasteiger partial charge in [-0.3, -0.25) is 0 Å². The van der Waals surface area contributed by atoms with Gasteiger partial charge in [-0.25, -0.2) is 9.97 Å². The van der Waals surface area contributed by atoms with E-state index in [1.54, 1.807) is 6.20 Å². The minimum absolute atomic E-state index is 0.00286. The number of anilines is 2. The molecule has 90 valence electrons. The fraction of sp³-hybridized carbons (Fsp3) is 0.400. The second-order valence-corrected chi connectivity index (χ2v) is 4.61. The van der Waals surface area contributed by atoms with Crippen molar-refractivity contribution in [2.45, 2.75) is 26.3 Å². The molecule has 7 heteroatoms. The quantitative estimate of drug-likeness (QED) is 0.857. The first-order chi connectivity index (χ1) is 8.19. The average molecular weight is 250 g/mol. The van der Waals surface area contributed by atoms with E-state index < -0.39 is 0 Å². The smallest absolute Gasteiger partial charge is 0.223 e. The predicted octanol–water partition coefficient (Wildman–Crippen LogP) is 1.65. The van der Waals surface area contributed by atoms with Gasteiger partial charge in [0.1, 0.15) is 5.01 Å². The molecular formula is C10H14N6S. The highest BCUT2D eigenvalue weighted by atomic mass is 32.1. The number of nitrogens with one attached hydrogen (secondary N) is 1. The number of rotatable bonds is 4. The maximum Gasteiger partial charge on any atom is 0.223 e. The van der Waals surface area contributed by atoms with Gasteiger partial charge >= 0.3 is 0 Å². The van der Waals surface area contributed by atoms with E-state index in [0.29, 0.717) is 11.1 Å². The Bertz CT molecular complexity index is 497. The van der Waals surface area contributed by atoms with Crippen molar-refractivity contribution < 1.29 is 0 Å². The molecule has 0 amide bonds. The summed E-state index contributed by atoms with van der Waals surface area (Å²) in [4.78, 5) is 8.53. The van der Waals surface area contributed by atoms with E-state index in [0.717, 1.165) is 17.1 Å². The molecule has 1 unspecified atom stereocenters. The number of hydrogen-bond donors (Lipinski definition) is 2. The van der Waals surface area contributed by atoms with Crippen LogP contribution in [-0.2, 0) is 6.42 Å². The van der Waals surface area contributed by atoms with Crippen molar-refractivity contribution in [2.24, 2.45) is 0 Å². The molecule has 6 nitrogen and oxygen atoms in total. The lowest BCUT2D eigenvalue weighted by molar-refractivity contribution is 0.819. The maximum absolute atomic E-state index is 5.54. The fourth-order valence-corrected chi connectivity index (χ4v) is 1.95. The molecule has 2 aromatic heterocycles. The van der Waals surface area contributed by atoms with Gasteiger partial charge < -0.3 is 11.1 Å². The van der Waals surface area contributed by atoms with Gasteiger partial charge in [0, 0.05) is 11.9 Å².